The SMILES string of the molecule is CCOC(=O)c1cc2c(C=O)c(OC(C)C(=O)O)c(OC)cc2s1. The highest BCUT2D eigenvalue weighted by Gasteiger charge is 2.23. The molecule has 0 aliphatic heterocycles. The maximum absolute atomic E-state index is 11.9. The number of rotatable bonds is 7. The van der Waals surface area contributed by atoms with Gasteiger partial charge in [-0.05, 0) is 19.9 Å². The lowest BCUT2D eigenvalue weighted by atomic mass is 10.1. The van der Waals surface area contributed by atoms with Gasteiger partial charge in [-0.15, -0.1) is 11.3 Å². The number of aldehydes is 1. The van der Waals surface area contributed by atoms with Crippen molar-refractivity contribution in [1.29, 1.82) is 0 Å². The van der Waals surface area contributed by atoms with Crippen molar-refractivity contribution in [1.82, 2.24) is 0 Å². The molecule has 0 spiro atoms. The fourth-order valence-corrected chi connectivity index (χ4v) is 3.08. The molecule has 1 heterocycles. The van der Waals surface area contributed by atoms with Crippen LogP contribution in [0.2, 0.25) is 0 Å². The number of ether oxygens (including phenoxy) is 3. The number of hydrogen-bond acceptors (Lipinski definition) is 7. The maximum atomic E-state index is 11.9. The van der Waals surface area contributed by atoms with Gasteiger partial charge in [0.25, 0.3) is 0 Å². The molecule has 0 aliphatic rings. The van der Waals surface area contributed by atoms with E-state index in [4.69, 9.17) is 19.3 Å². The van der Waals surface area contributed by atoms with Crippen LogP contribution >= 0.6 is 11.3 Å². The monoisotopic (exact) mass is 352 g/mol. The van der Waals surface area contributed by atoms with E-state index in [1.165, 1.54) is 20.1 Å². The van der Waals surface area contributed by atoms with E-state index in [1.54, 1.807) is 13.0 Å². The van der Waals surface area contributed by atoms with Gasteiger partial charge in [-0.25, -0.2) is 9.59 Å². The molecule has 2 aromatic rings. The van der Waals surface area contributed by atoms with E-state index in [1.807, 2.05) is 0 Å². The standard InChI is InChI=1S/C16H16O7S/c1-4-22-16(20)13-5-9-10(7-17)14(23-8(2)15(18)19)11(21-3)6-12(9)24-13/h5-8H,4H2,1-3H3,(H,18,19). The van der Waals surface area contributed by atoms with Crippen LogP contribution in [-0.4, -0.2) is 43.2 Å². The van der Waals surface area contributed by atoms with Crippen molar-refractivity contribution in [2.24, 2.45) is 0 Å². The van der Waals surface area contributed by atoms with Crippen molar-refractivity contribution in [3.8, 4) is 11.5 Å². The zero-order valence-electron chi connectivity index (χ0n) is 13.3. The summed E-state index contributed by atoms with van der Waals surface area (Å²) in [5.74, 6) is -1.42. The number of carbonyl (C=O) groups excluding carboxylic acids is 2. The molecule has 0 radical (unpaired) electrons. The normalized spacial score (nSPS) is 11.8. The summed E-state index contributed by atoms with van der Waals surface area (Å²) in [5.41, 5.74) is 0.129. The summed E-state index contributed by atoms with van der Waals surface area (Å²) in [6, 6.07) is 3.12. The Hall–Kier alpha value is -2.61. The number of carboxylic acid groups (broad SMARTS) is 1. The van der Waals surface area contributed by atoms with Crippen LogP contribution in [0.25, 0.3) is 10.1 Å². The first-order valence-electron chi connectivity index (χ1n) is 7.09. The maximum Gasteiger partial charge on any atom is 0.348 e. The highest BCUT2D eigenvalue weighted by atomic mass is 32.1. The average molecular weight is 352 g/mol. The summed E-state index contributed by atoms with van der Waals surface area (Å²) in [5, 5.41) is 9.48. The summed E-state index contributed by atoms with van der Waals surface area (Å²) in [6.45, 7) is 3.28. The largest absolute Gasteiger partial charge is 0.493 e. The molecule has 1 aromatic heterocycles. The third-order valence-corrected chi connectivity index (χ3v) is 4.30. The van der Waals surface area contributed by atoms with Crippen LogP contribution in [0, 0.1) is 0 Å². The molecule has 0 bridgehead atoms. The fourth-order valence-electron chi connectivity index (χ4n) is 2.08. The lowest BCUT2D eigenvalue weighted by molar-refractivity contribution is -0.144. The zero-order valence-corrected chi connectivity index (χ0v) is 14.1. The number of thiophene rings is 1. The minimum atomic E-state index is -1.17. The third kappa shape index (κ3) is 3.33. The minimum Gasteiger partial charge on any atom is -0.493 e. The van der Waals surface area contributed by atoms with E-state index < -0.39 is 18.0 Å². The Morgan fingerprint density at radius 1 is 1.38 bits per heavy atom. The van der Waals surface area contributed by atoms with Gasteiger partial charge in [0, 0.05) is 16.2 Å². The van der Waals surface area contributed by atoms with E-state index in [0.29, 0.717) is 21.2 Å². The molecule has 7 nitrogen and oxygen atoms in total. The fraction of sp³-hybridized carbons (Fsp3) is 0.312. The summed E-state index contributed by atoms with van der Waals surface area (Å²) in [6.07, 6.45) is -0.616. The van der Waals surface area contributed by atoms with Crippen molar-refractivity contribution < 1.29 is 33.7 Å². The molecule has 8 heteroatoms. The number of esters is 1. The molecule has 24 heavy (non-hydrogen) atoms. The van der Waals surface area contributed by atoms with Crippen LogP contribution in [0.3, 0.4) is 0 Å². The van der Waals surface area contributed by atoms with Gasteiger partial charge in [-0.3, -0.25) is 4.79 Å². The highest BCUT2D eigenvalue weighted by Crippen LogP contribution is 2.40. The molecule has 1 unspecified atom stereocenters. The van der Waals surface area contributed by atoms with E-state index in [2.05, 4.69) is 0 Å². The first-order valence-corrected chi connectivity index (χ1v) is 7.90. The lowest BCUT2D eigenvalue weighted by Crippen LogP contribution is -2.23. The van der Waals surface area contributed by atoms with E-state index >= 15 is 0 Å². The van der Waals surface area contributed by atoms with Gasteiger partial charge >= 0.3 is 11.9 Å². The summed E-state index contributed by atoms with van der Waals surface area (Å²) in [4.78, 5) is 34.8. The van der Waals surface area contributed by atoms with Crippen molar-refractivity contribution in [2.45, 2.75) is 20.0 Å². The van der Waals surface area contributed by atoms with Crippen molar-refractivity contribution in [3.05, 3.63) is 22.6 Å². The number of fused-ring (bicyclic) bond motifs is 1. The Morgan fingerprint density at radius 2 is 2.08 bits per heavy atom. The van der Waals surface area contributed by atoms with Crippen molar-refractivity contribution in [2.75, 3.05) is 13.7 Å². The second kappa shape index (κ2) is 7.31. The second-order valence-corrected chi connectivity index (χ2v) is 5.86. The number of hydrogen-bond donors (Lipinski definition) is 1. The summed E-state index contributed by atoms with van der Waals surface area (Å²) in [7, 11) is 1.38. The van der Waals surface area contributed by atoms with Crippen LogP contribution < -0.4 is 9.47 Å². The Labute approximate surface area is 141 Å². The smallest absolute Gasteiger partial charge is 0.348 e. The Kier molecular flexibility index (Phi) is 5.40. The van der Waals surface area contributed by atoms with Crippen LogP contribution in [0.15, 0.2) is 12.1 Å². The Morgan fingerprint density at radius 3 is 2.62 bits per heavy atom. The molecule has 0 saturated carbocycles. The number of carboxylic acids is 1. The van der Waals surface area contributed by atoms with E-state index in [-0.39, 0.29) is 23.7 Å². The van der Waals surface area contributed by atoms with Gasteiger partial charge in [-0.1, -0.05) is 0 Å². The van der Waals surface area contributed by atoms with Crippen LogP contribution in [-0.2, 0) is 9.53 Å². The van der Waals surface area contributed by atoms with Crippen molar-refractivity contribution in [3.63, 3.8) is 0 Å². The number of methoxy groups -OCH3 is 1. The van der Waals surface area contributed by atoms with E-state index in [0.717, 1.165) is 11.3 Å². The molecule has 0 fully saturated rings. The topological polar surface area (TPSA) is 99.1 Å². The van der Waals surface area contributed by atoms with Gasteiger partial charge in [-0.2, -0.15) is 0 Å². The van der Waals surface area contributed by atoms with Crippen LogP contribution in [0.5, 0.6) is 11.5 Å². The zero-order chi connectivity index (χ0) is 17.9. The number of benzene rings is 1. The third-order valence-electron chi connectivity index (χ3n) is 3.24. The highest BCUT2D eigenvalue weighted by molar-refractivity contribution is 7.20. The molecule has 2 rings (SSSR count). The molecule has 1 aromatic carbocycles. The van der Waals surface area contributed by atoms with Crippen LogP contribution in [0.1, 0.15) is 33.9 Å². The first-order chi connectivity index (χ1) is 11.4. The molecular weight excluding hydrogens is 336 g/mol. The van der Waals surface area contributed by atoms with Gasteiger partial charge in [0.15, 0.2) is 23.9 Å². The molecule has 128 valence electrons. The molecule has 0 saturated heterocycles. The Bertz CT molecular complexity index is 793. The predicted molar refractivity (Wildman–Crippen MR) is 87.4 cm³/mol. The molecule has 1 atom stereocenters. The van der Waals surface area contributed by atoms with E-state index in [9.17, 15) is 14.4 Å². The lowest BCUT2D eigenvalue weighted by Gasteiger charge is -2.16. The van der Waals surface area contributed by atoms with Crippen LogP contribution in [0.4, 0.5) is 0 Å². The van der Waals surface area contributed by atoms with Gasteiger partial charge in [0.1, 0.15) is 4.88 Å². The molecule has 0 aliphatic carbocycles. The average Bonchev–Trinajstić information content (AvgIpc) is 2.97. The van der Waals surface area contributed by atoms with Gasteiger partial charge in [0.05, 0.1) is 19.3 Å². The summed E-state index contributed by atoms with van der Waals surface area (Å²) < 4.78 is 16.2. The van der Waals surface area contributed by atoms with Gasteiger partial charge < -0.3 is 19.3 Å². The molecule has 0 amide bonds. The summed E-state index contributed by atoms with van der Waals surface area (Å²) >= 11 is 1.15. The minimum absolute atomic E-state index is 0.0307. The number of aliphatic carboxylic acids is 1. The predicted octanol–water partition coefficient (Wildman–Crippen LogP) is 2.75. The van der Waals surface area contributed by atoms with Gasteiger partial charge in [0.2, 0.25) is 0 Å². The number of carbonyl (C=O) groups is 3. The molecule has 1 N–H and O–H groups in total. The first kappa shape index (κ1) is 17.7. The quantitative estimate of drug-likeness (QED) is 0.604. The Balaban J connectivity index is 2.62. The molecular formula is C16H16O7S. The second-order valence-electron chi connectivity index (χ2n) is 4.78. The van der Waals surface area contributed by atoms with Crippen molar-refractivity contribution >= 4 is 39.6 Å².